The highest BCUT2D eigenvalue weighted by Crippen LogP contribution is 2.13. The molecule has 0 saturated carbocycles. The van der Waals surface area contributed by atoms with E-state index in [2.05, 4.69) is 10.2 Å². The summed E-state index contributed by atoms with van der Waals surface area (Å²) in [5.74, 6) is -0.766. The molecule has 0 spiro atoms. The van der Waals surface area contributed by atoms with Gasteiger partial charge in [0, 0.05) is 32.7 Å². The zero-order valence-corrected chi connectivity index (χ0v) is 8.48. The van der Waals surface area contributed by atoms with Gasteiger partial charge in [-0.05, 0) is 0 Å². The smallest absolute Gasteiger partial charge is 0.317 e. The summed E-state index contributed by atoms with van der Waals surface area (Å²) in [7, 11) is 0. The number of nitrogens with one attached hydrogen (secondary N) is 1. The van der Waals surface area contributed by atoms with E-state index in [0.29, 0.717) is 19.6 Å². The normalized spacial score (nSPS) is 26.3. The van der Waals surface area contributed by atoms with Crippen LogP contribution in [0.5, 0.6) is 0 Å². The SMILES string of the molecule is O=C(O)CCN1CCN2C(=O)NCC2C1. The first-order chi connectivity index (χ1) is 7.16. The summed E-state index contributed by atoms with van der Waals surface area (Å²) in [4.78, 5) is 25.6. The second-order valence-electron chi connectivity index (χ2n) is 3.98. The van der Waals surface area contributed by atoms with Crippen LogP contribution in [0, 0.1) is 0 Å². The van der Waals surface area contributed by atoms with Crippen LogP contribution >= 0.6 is 0 Å². The molecule has 1 unspecified atom stereocenters. The molecule has 1 atom stereocenters. The summed E-state index contributed by atoms with van der Waals surface area (Å²) in [5.41, 5.74) is 0. The van der Waals surface area contributed by atoms with E-state index in [0.717, 1.165) is 13.1 Å². The number of carboxylic acids is 1. The monoisotopic (exact) mass is 213 g/mol. The standard InChI is InChI=1S/C9H15N3O3/c13-8(14)1-2-11-3-4-12-7(6-11)5-10-9(12)15/h7H,1-6H2,(H,10,15)(H,13,14). The number of aliphatic carboxylic acids is 1. The molecular weight excluding hydrogens is 198 g/mol. The van der Waals surface area contributed by atoms with E-state index in [4.69, 9.17) is 5.11 Å². The lowest BCUT2D eigenvalue weighted by molar-refractivity contribution is -0.137. The van der Waals surface area contributed by atoms with Gasteiger partial charge in [0.2, 0.25) is 0 Å². The van der Waals surface area contributed by atoms with Crippen LogP contribution < -0.4 is 5.32 Å². The van der Waals surface area contributed by atoms with Gasteiger partial charge >= 0.3 is 12.0 Å². The fourth-order valence-electron chi connectivity index (χ4n) is 2.13. The van der Waals surface area contributed by atoms with Crippen LogP contribution in [0.2, 0.25) is 0 Å². The van der Waals surface area contributed by atoms with E-state index in [1.165, 1.54) is 0 Å². The number of hydrogen-bond donors (Lipinski definition) is 2. The Morgan fingerprint density at radius 3 is 3.07 bits per heavy atom. The highest BCUT2D eigenvalue weighted by atomic mass is 16.4. The van der Waals surface area contributed by atoms with Gasteiger partial charge in [-0.3, -0.25) is 9.69 Å². The number of hydrogen-bond acceptors (Lipinski definition) is 3. The average Bonchev–Trinajstić information content (AvgIpc) is 2.57. The zero-order chi connectivity index (χ0) is 10.8. The van der Waals surface area contributed by atoms with Crippen molar-refractivity contribution in [3.8, 4) is 0 Å². The van der Waals surface area contributed by atoms with Crippen molar-refractivity contribution in [3.63, 3.8) is 0 Å². The molecule has 84 valence electrons. The highest BCUT2D eigenvalue weighted by molar-refractivity contribution is 5.77. The third kappa shape index (κ3) is 2.20. The molecule has 2 aliphatic heterocycles. The van der Waals surface area contributed by atoms with E-state index in [-0.39, 0.29) is 18.5 Å². The van der Waals surface area contributed by atoms with Crippen LogP contribution in [-0.4, -0.2) is 65.7 Å². The fourth-order valence-corrected chi connectivity index (χ4v) is 2.13. The van der Waals surface area contributed by atoms with Gasteiger partial charge in [-0.2, -0.15) is 0 Å². The zero-order valence-electron chi connectivity index (χ0n) is 8.48. The van der Waals surface area contributed by atoms with Crippen molar-refractivity contribution in [2.45, 2.75) is 12.5 Å². The van der Waals surface area contributed by atoms with Crippen molar-refractivity contribution in [2.75, 3.05) is 32.7 Å². The topological polar surface area (TPSA) is 72.9 Å². The number of carbonyl (C=O) groups is 2. The van der Waals surface area contributed by atoms with E-state index < -0.39 is 5.97 Å². The molecule has 2 rings (SSSR count). The number of amides is 2. The molecule has 0 aromatic carbocycles. The first-order valence-electron chi connectivity index (χ1n) is 5.15. The minimum absolute atomic E-state index is 0.0119. The molecule has 2 aliphatic rings. The van der Waals surface area contributed by atoms with Crippen LogP contribution in [0.4, 0.5) is 4.79 Å². The first-order valence-corrected chi connectivity index (χ1v) is 5.15. The molecule has 6 nitrogen and oxygen atoms in total. The summed E-state index contributed by atoms with van der Waals surface area (Å²) in [6.07, 6.45) is 0.175. The molecule has 15 heavy (non-hydrogen) atoms. The summed E-state index contributed by atoms with van der Waals surface area (Å²) >= 11 is 0. The van der Waals surface area contributed by atoms with E-state index >= 15 is 0 Å². The lowest BCUT2D eigenvalue weighted by Gasteiger charge is -2.36. The lowest BCUT2D eigenvalue weighted by Crippen LogP contribution is -2.52. The Morgan fingerprint density at radius 1 is 1.53 bits per heavy atom. The van der Waals surface area contributed by atoms with E-state index in [1.807, 2.05) is 4.90 Å². The van der Waals surface area contributed by atoms with E-state index in [9.17, 15) is 9.59 Å². The first kappa shape index (κ1) is 10.2. The Kier molecular flexibility index (Phi) is 2.77. The maximum absolute atomic E-state index is 11.3. The maximum Gasteiger partial charge on any atom is 0.317 e. The molecule has 0 radical (unpaired) electrons. The molecular formula is C9H15N3O3. The van der Waals surface area contributed by atoms with Crippen LogP contribution in [0.15, 0.2) is 0 Å². The molecule has 0 aromatic rings. The van der Waals surface area contributed by atoms with Gasteiger partial charge in [-0.1, -0.05) is 0 Å². The molecule has 2 N–H and O–H groups in total. The number of piperazine rings is 1. The van der Waals surface area contributed by atoms with Crippen LogP contribution in [0.25, 0.3) is 0 Å². The Labute approximate surface area is 87.8 Å². The van der Waals surface area contributed by atoms with Gasteiger partial charge in [0.25, 0.3) is 0 Å². The predicted molar refractivity (Wildman–Crippen MR) is 52.6 cm³/mol. The van der Waals surface area contributed by atoms with Crippen molar-refractivity contribution in [1.29, 1.82) is 0 Å². The molecule has 2 fully saturated rings. The predicted octanol–water partition coefficient (Wildman–Crippen LogP) is -0.829. The number of fused-ring (bicyclic) bond motifs is 1. The maximum atomic E-state index is 11.3. The third-order valence-corrected chi connectivity index (χ3v) is 2.96. The number of urea groups is 1. The number of carboxylic acid groups (broad SMARTS) is 1. The van der Waals surface area contributed by atoms with Gasteiger partial charge in [0.05, 0.1) is 12.5 Å². The van der Waals surface area contributed by atoms with Crippen molar-refractivity contribution in [3.05, 3.63) is 0 Å². The summed E-state index contributed by atoms with van der Waals surface area (Å²) in [6.45, 7) is 3.52. The minimum Gasteiger partial charge on any atom is -0.481 e. The number of nitrogens with zero attached hydrogens (tertiary/aromatic N) is 2. The summed E-state index contributed by atoms with van der Waals surface area (Å²) in [6, 6.07) is 0.234. The Bertz CT molecular complexity index is 282. The van der Waals surface area contributed by atoms with Crippen molar-refractivity contribution in [1.82, 2.24) is 15.1 Å². The van der Waals surface area contributed by atoms with Gasteiger partial charge in [0.1, 0.15) is 0 Å². The molecule has 6 heteroatoms. The van der Waals surface area contributed by atoms with Crippen molar-refractivity contribution < 1.29 is 14.7 Å². The molecule has 0 aliphatic carbocycles. The Balaban J connectivity index is 1.83. The average molecular weight is 213 g/mol. The van der Waals surface area contributed by atoms with Crippen molar-refractivity contribution in [2.24, 2.45) is 0 Å². The van der Waals surface area contributed by atoms with Gasteiger partial charge < -0.3 is 15.3 Å². The molecule has 0 bridgehead atoms. The number of rotatable bonds is 3. The third-order valence-electron chi connectivity index (χ3n) is 2.96. The summed E-state index contributed by atoms with van der Waals surface area (Å²) < 4.78 is 0. The van der Waals surface area contributed by atoms with Gasteiger partial charge in [-0.25, -0.2) is 4.79 Å². The molecule has 2 heterocycles. The minimum atomic E-state index is -0.766. The quantitative estimate of drug-likeness (QED) is 0.642. The van der Waals surface area contributed by atoms with Crippen LogP contribution in [0.1, 0.15) is 6.42 Å². The Morgan fingerprint density at radius 2 is 2.33 bits per heavy atom. The molecule has 2 saturated heterocycles. The molecule has 0 aromatic heterocycles. The number of carbonyl (C=O) groups excluding carboxylic acids is 1. The Hall–Kier alpha value is -1.30. The fraction of sp³-hybridized carbons (Fsp3) is 0.778. The second-order valence-corrected chi connectivity index (χ2v) is 3.98. The van der Waals surface area contributed by atoms with Gasteiger partial charge in [-0.15, -0.1) is 0 Å². The van der Waals surface area contributed by atoms with Crippen LogP contribution in [-0.2, 0) is 4.79 Å². The van der Waals surface area contributed by atoms with Gasteiger partial charge in [0.15, 0.2) is 0 Å². The summed E-state index contributed by atoms with van der Waals surface area (Å²) in [5, 5.41) is 11.4. The second kappa shape index (κ2) is 4.06. The largest absolute Gasteiger partial charge is 0.481 e. The van der Waals surface area contributed by atoms with E-state index in [1.54, 1.807) is 0 Å². The highest BCUT2D eigenvalue weighted by Gasteiger charge is 2.35. The van der Waals surface area contributed by atoms with Crippen molar-refractivity contribution >= 4 is 12.0 Å². The lowest BCUT2D eigenvalue weighted by atomic mass is 10.2. The molecule has 2 amide bonds. The van der Waals surface area contributed by atoms with Crippen LogP contribution in [0.3, 0.4) is 0 Å².